The number of nitrogens with one attached hydrogen (secondary N) is 1. The van der Waals surface area contributed by atoms with Crippen LogP contribution in [0.15, 0.2) is 30.3 Å². The first-order chi connectivity index (χ1) is 24.0. The van der Waals surface area contributed by atoms with Crippen LogP contribution in [-0.4, -0.2) is 106 Å². The predicted molar refractivity (Wildman–Crippen MR) is 199 cm³/mol. The van der Waals surface area contributed by atoms with Crippen LogP contribution >= 0.6 is 0 Å². The summed E-state index contributed by atoms with van der Waals surface area (Å²) in [6.45, 7) is 11.9. The molecule has 1 fully saturated rings. The molecule has 8 atom stereocenters. The Morgan fingerprint density at radius 2 is 1.67 bits per heavy atom. The quantitative estimate of drug-likeness (QED) is 0.179. The molecule has 0 spiro atoms. The summed E-state index contributed by atoms with van der Waals surface area (Å²) in [7, 11) is 0.930. The Kier molecular flexibility index (Phi) is 18.2. The number of benzene rings is 1. The number of ketones is 1. The molecule has 0 aliphatic carbocycles. The van der Waals surface area contributed by atoms with E-state index in [1.165, 1.54) is 7.11 Å². The molecular weight excluding hydrogens is 673 g/mol. The van der Waals surface area contributed by atoms with E-state index in [1.807, 2.05) is 65.0 Å². The lowest BCUT2D eigenvalue weighted by atomic mass is 9.85. The second-order valence-corrected chi connectivity index (χ2v) is 16.4. The molecule has 12 nitrogen and oxygen atoms in total. The Morgan fingerprint density at radius 3 is 2.22 bits per heavy atom. The molecule has 1 aromatic carbocycles. The number of amides is 3. The van der Waals surface area contributed by atoms with Crippen molar-refractivity contribution < 1.29 is 37.1 Å². The number of Topliss-reactive ketones (excluding diaryl/α,β-unsaturated/α-hetero) is 1. The molecule has 13 heteroatoms. The molecule has 290 valence electrons. The van der Waals surface area contributed by atoms with E-state index in [9.17, 15) is 27.6 Å². The third kappa shape index (κ3) is 12.6. The second-order valence-electron chi connectivity index (χ2n) is 14.6. The molecule has 3 N–H and O–H groups in total. The van der Waals surface area contributed by atoms with Gasteiger partial charge in [0.2, 0.25) is 27.7 Å². The maximum Gasteiger partial charge on any atom is 0.239 e. The molecule has 0 bridgehead atoms. The van der Waals surface area contributed by atoms with Gasteiger partial charge < -0.3 is 25.0 Å². The number of likely N-dealkylation sites (tertiary alicyclic amines) is 1. The minimum Gasteiger partial charge on any atom is -0.379 e. The van der Waals surface area contributed by atoms with Gasteiger partial charge in [0.25, 0.3) is 0 Å². The SMILES string of the molecule is CCCCS(=O)(=O)NC(=O)[C@@H](CC(=O)[C@H](C)[C@@H](OC)[C@@H]1CCCN1C(=O)C[C@@H](OC)C([C@@H](C)CC)N(C)C(=O)[C@@H](N)C(C)C)Cc1ccccc1. The fourth-order valence-corrected chi connectivity index (χ4v) is 8.31. The summed E-state index contributed by atoms with van der Waals surface area (Å²) in [5.41, 5.74) is 7.04. The van der Waals surface area contributed by atoms with Crippen LogP contribution in [0, 0.1) is 23.7 Å². The maximum absolute atomic E-state index is 14.0. The zero-order chi connectivity index (χ0) is 38.5. The third-order valence-electron chi connectivity index (χ3n) is 10.5. The Labute approximate surface area is 306 Å². The number of nitrogens with two attached hydrogens (primary N) is 1. The lowest BCUT2D eigenvalue weighted by Crippen LogP contribution is -2.56. The summed E-state index contributed by atoms with van der Waals surface area (Å²) < 4.78 is 39.3. The lowest BCUT2D eigenvalue weighted by molar-refractivity contribution is -0.146. The highest BCUT2D eigenvalue weighted by atomic mass is 32.2. The van der Waals surface area contributed by atoms with E-state index in [0.717, 1.165) is 18.4 Å². The van der Waals surface area contributed by atoms with Crippen LogP contribution in [-0.2, 0) is 45.1 Å². The number of sulfonamides is 1. The molecule has 0 aromatic heterocycles. The van der Waals surface area contributed by atoms with E-state index < -0.39 is 52.1 Å². The molecule has 1 aliphatic heterocycles. The van der Waals surface area contributed by atoms with Gasteiger partial charge in [0, 0.05) is 46.1 Å². The number of likely N-dealkylation sites (N-methyl/N-ethyl adjacent to an activating group) is 1. The van der Waals surface area contributed by atoms with Gasteiger partial charge in [-0.3, -0.25) is 23.9 Å². The van der Waals surface area contributed by atoms with Crippen LogP contribution in [0.1, 0.15) is 92.1 Å². The van der Waals surface area contributed by atoms with Crippen LogP contribution in [0.4, 0.5) is 0 Å². The molecule has 1 heterocycles. The number of hydrogen-bond donors (Lipinski definition) is 2. The van der Waals surface area contributed by atoms with Gasteiger partial charge in [0.1, 0.15) is 5.78 Å². The van der Waals surface area contributed by atoms with Gasteiger partial charge in [-0.2, -0.15) is 0 Å². The van der Waals surface area contributed by atoms with E-state index in [1.54, 1.807) is 30.9 Å². The van der Waals surface area contributed by atoms with Gasteiger partial charge in [0.05, 0.1) is 42.5 Å². The maximum atomic E-state index is 14.0. The summed E-state index contributed by atoms with van der Waals surface area (Å²) in [6, 6.07) is 7.71. The summed E-state index contributed by atoms with van der Waals surface area (Å²) in [6.07, 6.45) is 1.97. The Bertz CT molecular complexity index is 1370. The van der Waals surface area contributed by atoms with Crippen molar-refractivity contribution in [1.82, 2.24) is 14.5 Å². The number of unbranched alkanes of at least 4 members (excludes halogenated alkanes) is 1. The second kappa shape index (κ2) is 21.0. The van der Waals surface area contributed by atoms with E-state index in [0.29, 0.717) is 25.8 Å². The Balaban J connectivity index is 2.28. The Morgan fingerprint density at radius 1 is 1.02 bits per heavy atom. The number of hydrogen-bond acceptors (Lipinski definition) is 9. The first-order valence-electron chi connectivity index (χ1n) is 18.5. The number of carbonyl (C=O) groups excluding carboxylic acids is 4. The number of carbonyl (C=O) groups is 4. The minimum atomic E-state index is -3.85. The smallest absolute Gasteiger partial charge is 0.239 e. The Hall–Kier alpha value is -2.87. The fourth-order valence-electron chi connectivity index (χ4n) is 7.07. The molecule has 3 amide bonds. The van der Waals surface area contributed by atoms with Gasteiger partial charge in [-0.1, -0.05) is 84.7 Å². The predicted octanol–water partition coefficient (Wildman–Crippen LogP) is 3.95. The van der Waals surface area contributed by atoms with Crippen LogP contribution in [0.5, 0.6) is 0 Å². The fraction of sp³-hybridized carbons (Fsp3) is 0.737. The van der Waals surface area contributed by atoms with Crippen molar-refractivity contribution in [3.63, 3.8) is 0 Å². The molecular formula is C38H64N4O8S. The van der Waals surface area contributed by atoms with Crippen molar-refractivity contribution in [2.24, 2.45) is 29.4 Å². The van der Waals surface area contributed by atoms with E-state index in [-0.39, 0.29) is 60.5 Å². The standard InChI is InChI=1S/C38H64N4O8S/c1-10-12-21-51(47,48)40-37(45)29(22-28-17-14-13-15-18-28)23-31(43)27(6)36(50-9)30-19-16-20-42(30)33(44)24-32(49-8)35(26(5)11-2)41(7)38(46)34(39)25(3)4/h13-15,17-18,25-27,29-30,32,34-36H,10-12,16,19-24,39H2,1-9H3,(H,40,45)/t26-,27-,29+,30-,32+,34-,35?,36+/m0/s1. The zero-order valence-corrected chi connectivity index (χ0v) is 33.1. The lowest BCUT2D eigenvalue weighted by Gasteiger charge is -2.40. The molecule has 1 saturated heterocycles. The summed E-state index contributed by atoms with van der Waals surface area (Å²) >= 11 is 0. The molecule has 1 unspecified atom stereocenters. The van der Waals surface area contributed by atoms with Gasteiger partial charge in [-0.15, -0.1) is 0 Å². The van der Waals surface area contributed by atoms with Crippen molar-refractivity contribution in [1.29, 1.82) is 0 Å². The minimum absolute atomic E-state index is 0.0254. The average molecular weight is 737 g/mol. The molecule has 2 rings (SSSR count). The van der Waals surface area contributed by atoms with Crippen LogP contribution in [0.2, 0.25) is 0 Å². The van der Waals surface area contributed by atoms with Gasteiger partial charge in [0.15, 0.2) is 0 Å². The number of ether oxygens (including phenoxy) is 2. The van der Waals surface area contributed by atoms with Crippen LogP contribution < -0.4 is 10.5 Å². The summed E-state index contributed by atoms with van der Waals surface area (Å²) in [5.74, 6) is -3.13. The number of rotatable bonds is 22. The number of nitrogens with zero attached hydrogens (tertiary/aromatic N) is 2. The molecule has 51 heavy (non-hydrogen) atoms. The largest absolute Gasteiger partial charge is 0.379 e. The molecule has 1 aromatic rings. The van der Waals surface area contributed by atoms with Crippen molar-refractivity contribution in [3.05, 3.63) is 35.9 Å². The van der Waals surface area contributed by atoms with Crippen LogP contribution in [0.25, 0.3) is 0 Å². The highest BCUT2D eigenvalue weighted by Gasteiger charge is 2.43. The van der Waals surface area contributed by atoms with Gasteiger partial charge in [-0.25, -0.2) is 8.42 Å². The summed E-state index contributed by atoms with van der Waals surface area (Å²) in [4.78, 5) is 58.0. The van der Waals surface area contributed by atoms with E-state index >= 15 is 0 Å². The van der Waals surface area contributed by atoms with Crippen LogP contribution in [0.3, 0.4) is 0 Å². The molecule has 1 aliphatic rings. The third-order valence-corrected chi connectivity index (χ3v) is 11.9. The first-order valence-corrected chi connectivity index (χ1v) is 20.2. The summed E-state index contributed by atoms with van der Waals surface area (Å²) in [5, 5.41) is 0. The van der Waals surface area contributed by atoms with Crippen molar-refractivity contribution >= 4 is 33.5 Å². The van der Waals surface area contributed by atoms with Crippen molar-refractivity contribution in [3.8, 4) is 0 Å². The van der Waals surface area contributed by atoms with E-state index in [2.05, 4.69) is 4.72 Å². The molecule has 0 radical (unpaired) electrons. The monoisotopic (exact) mass is 736 g/mol. The first kappa shape index (κ1) is 44.3. The van der Waals surface area contributed by atoms with Gasteiger partial charge >= 0.3 is 0 Å². The zero-order valence-electron chi connectivity index (χ0n) is 32.3. The topological polar surface area (TPSA) is 165 Å². The van der Waals surface area contributed by atoms with Gasteiger partial charge in [-0.05, 0) is 43.1 Å². The highest BCUT2D eigenvalue weighted by molar-refractivity contribution is 7.90. The number of methoxy groups -OCH3 is 2. The van der Waals surface area contributed by atoms with Crippen molar-refractivity contribution in [2.45, 2.75) is 123 Å². The normalized spacial score (nSPS) is 19.1. The highest BCUT2D eigenvalue weighted by Crippen LogP contribution is 2.31. The van der Waals surface area contributed by atoms with Crippen molar-refractivity contribution in [2.75, 3.05) is 33.6 Å². The molecule has 0 saturated carbocycles. The average Bonchev–Trinajstić information content (AvgIpc) is 3.59. The van der Waals surface area contributed by atoms with E-state index in [4.69, 9.17) is 15.2 Å².